The van der Waals surface area contributed by atoms with Gasteiger partial charge in [-0.3, -0.25) is 9.59 Å². The molecule has 0 aliphatic carbocycles. The third-order valence-corrected chi connectivity index (χ3v) is 4.37. The quantitative estimate of drug-likeness (QED) is 0.824. The van der Waals surface area contributed by atoms with Crippen LogP contribution in [0.3, 0.4) is 0 Å². The van der Waals surface area contributed by atoms with E-state index in [2.05, 4.69) is 0 Å². The molecule has 5 nitrogen and oxygen atoms in total. The highest BCUT2D eigenvalue weighted by Crippen LogP contribution is 2.35. The smallest absolute Gasteiger partial charge is 0.309 e. The van der Waals surface area contributed by atoms with Gasteiger partial charge in [-0.05, 0) is 32.1 Å². The number of hydrogen-bond acceptors (Lipinski definition) is 3. The number of nitrogens with zero attached hydrogens (tertiary/aromatic N) is 1. The largest absolute Gasteiger partial charge is 0.481 e. The molecule has 2 heterocycles. The lowest BCUT2D eigenvalue weighted by Gasteiger charge is -2.39. The number of rotatable bonds is 3. The lowest BCUT2D eigenvalue weighted by molar-refractivity contribution is -0.156. The van der Waals surface area contributed by atoms with E-state index in [0.717, 1.165) is 12.8 Å². The minimum Gasteiger partial charge on any atom is -0.481 e. The SMILES string of the molecule is CCC1(C(=O)O)CCN(C(=O)C2CCCO2)CC1. The summed E-state index contributed by atoms with van der Waals surface area (Å²) in [5.74, 6) is -0.684. The van der Waals surface area contributed by atoms with Crippen LogP contribution < -0.4 is 0 Å². The first-order valence-electron chi connectivity index (χ1n) is 6.73. The number of carbonyl (C=O) groups is 2. The standard InChI is InChI=1S/C13H21NO4/c1-2-13(12(16)17)5-7-14(8-6-13)11(15)10-4-3-9-18-10/h10H,2-9H2,1H3,(H,16,17). The van der Waals surface area contributed by atoms with E-state index < -0.39 is 11.4 Å². The van der Waals surface area contributed by atoms with Gasteiger partial charge in [0.1, 0.15) is 6.10 Å². The van der Waals surface area contributed by atoms with Crippen molar-refractivity contribution in [2.24, 2.45) is 5.41 Å². The van der Waals surface area contributed by atoms with Gasteiger partial charge in [-0.2, -0.15) is 0 Å². The molecular formula is C13H21NO4. The molecule has 1 atom stereocenters. The normalized spacial score (nSPS) is 27.2. The van der Waals surface area contributed by atoms with Crippen molar-refractivity contribution in [3.05, 3.63) is 0 Å². The molecule has 18 heavy (non-hydrogen) atoms. The second kappa shape index (κ2) is 5.26. The van der Waals surface area contributed by atoms with Crippen LogP contribution in [0.4, 0.5) is 0 Å². The van der Waals surface area contributed by atoms with E-state index in [9.17, 15) is 14.7 Å². The fraction of sp³-hybridized carbons (Fsp3) is 0.846. The highest BCUT2D eigenvalue weighted by atomic mass is 16.5. The summed E-state index contributed by atoms with van der Waals surface area (Å²) in [4.78, 5) is 25.2. The second-order valence-corrected chi connectivity index (χ2v) is 5.27. The zero-order valence-electron chi connectivity index (χ0n) is 10.9. The molecule has 102 valence electrons. The monoisotopic (exact) mass is 255 g/mol. The van der Waals surface area contributed by atoms with Gasteiger partial charge in [0.05, 0.1) is 5.41 Å². The van der Waals surface area contributed by atoms with E-state index in [1.54, 1.807) is 4.90 Å². The molecule has 0 aromatic carbocycles. The molecule has 0 aromatic heterocycles. The van der Waals surface area contributed by atoms with Crippen LogP contribution >= 0.6 is 0 Å². The van der Waals surface area contributed by atoms with Crippen molar-refractivity contribution in [3.8, 4) is 0 Å². The van der Waals surface area contributed by atoms with E-state index >= 15 is 0 Å². The van der Waals surface area contributed by atoms with E-state index in [1.807, 2.05) is 6.92 Å². The first-order chi connectivity index (χ1) is 8.59. The molecule has 2 rings (SSSR count). The number of carboxylic acid groups (broad SMARTS) is 1. The number of hydrogen-bond donors (Lipinski definition) is 1. The zero-order chi connectivity index (χ0) is 13.2. The fourth-order valence-electron chi connectivity index (χ4n) is 2.85. The molecule has 2 aliphatic rings. The third-order valence-electron chi connectivity index (χ3n) is 4.37. The van der Waals surface area contributed by atoms with Crippen LogP contribution in [0.25, 0.3) is 0 Å². The first kappa shape index (κ1) is 13.3. The van der Waals surface area contributed by atoms with Gasteiger partial charge in [0.15, 0.2) is 0 Å². The maximum atomic E-state index is 12.1. The Labute approximate surface area is 107 Å². The van der Waals surface area contributed by atoms with Crippen molar-refractivity contribution < 1.29 is 19.4 Å². The molecule has 0 bridgehead atoms. The van der Waals surface area contributed by atoms with Crippen molar-refractivity contribution in [2.45, 2.75) is 45.1 Å². The first-order valence-corrected chi connectivity index (χ1v) is 6.73. The molecule has 1 unspecified atom stereocenters. The Balaban J connectivity index is 1.93. The number of amides is 1. The summed E-state index contributed by atoms with van der Waals surface area (Å²) < 4.78 is 5.39. The van der Waals surface area contributed by atoms with Crippen LogP contribution in [0.1, 0.15) is 39.0 Å². The minimum absolute atomic E-state index is 0.0441. The fourth-order valence-corrected chi connectivity index (χ4v) is 2.85. The molecule has 0 aromatic rings. The van der Waals surface area contributed by atoms with Gasteiger partial charge in [0, 0.05) is 19.7 Å². The summed E-state index contributed by atoms with van der Waals surface area (Å²) in [7, 11) is 0. The molecule has 2 aliphatic heterocycles. The number of ether oxygens (including phenoxy) is 1. The Morgan fingerprint density at radius 2 is 2.06 bits per heavy atom. The lowest BCUT2D eigenvalue weighted by Crippen LogP contribution is -2.49. The summed E-state index contributed by atoms with van der Waals surface area (Å²) in [5.41, 5.74) is -0.632. The van der Waals surface area contributed by atoms with Crippen molar-refractivity contribution >= 4 is 11.9 Å². The molecular weight excluding hydrogens is 234 g/mol. The van der Waals surface area contributed by atoms with Crippen molar-refractivity contribution in [2.75, 3.05) is 19.7 Å². The van der Waals surface area contributed by atoms with Gasteiger partial charge in [-0.25, -0.2) is 0 Å². The summed E-state index contributed by atoms with van der Waals surface area (Å²) in [6.45, 7) is 3.65. The lowest BCUT2D eigenvalue weighted by atomic mass is 9.76. The van der Waals surface area contributed by atoms with Crippen LogP contribution in [0.15, 0.2) is 0 Å². The van der Waals surface area contributed by atoms with Gasteiger partial charge >= 0.3 is 5.97 Å². The van der Waals surface area contributed by atoms with Crippen molar-refractivity contribution in [1.82, 2.24) is 4.90 Å². The van der Waals surface area contributed by atoms with Gasteiger partial charge in [0.2, 0.25) is 0 Å². The Morgan fingerprint density at radius 1 is 1.39 bits per heavy atom. The summed E-state index contributed by atoms with van der Waals surface area (Å²) >= 11 is 0. The molecule has 5 heteroatoms. The number of carbonyl (C=O) groups excluding carboxylic acids is 1. The molecule has 1 amide bonds. The van der Waals surface area contributed by atoms with Gasteiger partial charge in [-0.15, -0.1) is 0 Å². The molecule has 2 saturated heterocycles. The van der Waals surface area contributed by atoms with Crippen LogP contribution in [0.5, 0.6) is 0 Å². The highest BCUT2D eigenvalue weighted by Gasteiger charge is 2.42. The Hall–Kier alpha value is -1.10. The zero-order valence-corrected chi connectivity index (χ0v) is 10.9. The molecule has 0 spiro atoms. The highest BCUT2D eigenvalue weighted by molar-refractivity contribution is 5.82. The van der Waals surface area contributed by atoms with E-state index in [1.165, 1.54) is 0 Å². The maximum Gasteiger partial charge on any atom is 0.309 e. The van der Waals surface area contributed by atoms with E-state index in [4.69, 9.17) is 4.74 Å². The predicted octanol–water partition coefficient (Wildman–Crippen LogP) is 1.27. The Kier molecular flexibility index (Phi) is 3.90. The maximum absolute atomic E-state index is 12.1. The van der Waals surface area contributed by atoms with Crippen LogP contribution in [-0.2, 0) is 14.3 Å². The molecule has 1 N–H and O–H groups in total. The third kappa shape index (κ3) is 2.36. The average molecular weight is 255 g/mol. The summed E-state index contributed by atoms with van der Waals surface area (Å²) in [6.07, 6.45) is 3.19. The van der Waals surface area contributed by atoms with Crippen molar-refractivity contribution in [3.63, 3.8) is 0 Å². The summed E-state index contributed by atoms with van der Waals surface area (Å²) in [6, 6.07) is 0. The summed E-state index contributed by atoms with van der Waals surface area (Å²) in [5, 5.41) is 9.30. The topological polar surface area (TPSA) is 66.8 Å². The number of aliphatic carboxylic acids is 1. The minimum atomic E-state index is -0.728. The number of carboxylic acids is 1. The number of likely N-dealkylation sites (tertiary alicyclic amines) is 1. The average Bonchev–Trinajstić information content (AvgIpc) is 2.91. The predicted molar refractivity (Wildman–Crippen MR) is 65.1 cm³/mol. The van der Waals surface area contributed by atoms with Crippen LogP contribution in [0, 0.1) is 5.41 Å². The van der Waals surface area contributed by atoms with Gasteiger partial charge in [0.25, 0.3) is 5.91 Å². The van der Waals surface area contributed by atoms with Crippen LogP contribution in [0.2, 0.25) is 0 Å². The Morgan fingerprint density at radius 3 is 2.50 bits per heavy atom. The van der Waals surface area contributed by atoms with E-state index in [0.29, 0.717) is 39.0 Å². The number of piperidine rings is 1. The van der Waals surface area contributed by atoms with Gasteiger partial charge < -0.3 is 14.7 Å². The molecule has 2 fully saturated rings. The Bertz CT molecular complexity index is 328. The molecule has 0 radical (unpaired) electrons. The van der Waals surface area contributed by atoms with Crippen LogP contribution in [-0.4, -0.2) is 47.7 Å². The van der Waals surface area contributed by atoms with Gasteiger partial charge in [-0.1, -0.05) is 6.92 Å². The van der Waals surface area contributed by atoms with E-state index in [-0.39, 0.29) is 12.0 Å². The van der Waals surface area contributed by atoms with Crippen molar-refractivity contribution in [1.29, 1.82) is 0 Å². The molecule has 0 saturated carbocycles. The second-order valence-electron chi connectivity index (χ2n) is 5.27.